The predicted molar refractivity (Wildman–Crippen MR) is 78.1 cm³/mol. The Bertz CT molecular complexity index is 443. The van der Waals surface area contributed by atoms with Crippen LogP contribution in [0, 0.1) is 0 Å². The van der Waals surface area contributed by atoms with Gasteiger partial charge in [0.1, 0.15) is 12.4 Å². The largest absolute Gasteiger partial charge is 0.486 e. The molecule has 0 saturated heterocycles. The van der Waals surface area contributed by atoms with Crippen LogP contribution >= 0.6 is 0 Å². The molecule has 0 aliphatic heterocycles. The highest BCUT2D eigenvalue weighted by molar-refractivity contribution is 5.90. The number of ether oxygens (including phenoxy) is 1. The average Bonchev–Trinajstić information content (AvgIpc) is 2.46. The highest BCUT2D eigenvalue weighted by atomic mass is 16.5. The van der Waals surface area contributed by atoms with Crippen molar-refractivity contribution in [2.45, 2.75) is 32.6 Å². The lowest BCUT2D eigenvalue weighted by Gasteiger charge is -2.07. The molecule has 0 radical (unpaired) electrons. The molecule has 0 atom stereocenters. The molecule has 0 bridgehead atoms. The van der Waals surface area contributed by atoms with Crippen LogP contribution < -0.4 is 15.8 Å². The minimum absolute atomic E-state index is 0.00157. The molecule has 0 heterocycles. The molecular formula is C14H21N3O3. The number of amidine groups is 1. The van der Waals surface area contributed by atoms with Crippen molar-refractivity contribution < 1.29 is 14.7 Å². The second-order valence-electron chi connectivity index (χ2n) is 4.41. The summed E-state index contributed by atoms with van der Waals surface area (Å²) in [6, 6.07) is 6.93. The van der Waals surface area contributed by atoms with Gasteiger partial charge in [0.2, 0.25) is 5.91 Å². The van der Waals surface area contributed by atoms with Gasteiger partial charge in [0.25, 0.3) is 0 Å². The zero-order chi connectivity index (χ0) is 14.8. The average molecular weight is 279 g/mol. The van der Waals surface area contributed by atoms with E-state index in [1.165, 1.54) is 0 Å². The van der Waals surface area contributed by atoms with Gasteiger partial charge in [0.15, 0.2) is 5.84 Å². The van der Waals surface area contributed by atoms with Gasteiger partial charge in [-0.25, -0.2) is 0 Å². The van der Waals surface area contributed by atoms with Gasteiger partial charge in [0, 0.05) is 12.1 Å². The van der Waals surface area contributed by atoms with Crippen LogP contribution in [0.1, 0.15) is 32.6 Å². The zero-order valence-corrected chi connectivity index (χ0v) is 11.6. The van der Waals surface area contributed by atoms with E-state index >= 15 is 0 Å². The molecule has 6 heteroatoms. The van der Waals surface area contributed by atoms with Crippen LogP contribution in [-0.2, 0) is 4.79 Å². The maximum Gasteiger partial charge on any atom is 0.224 e. The van der Waals surface area contributed by atoms with Crippen molar-refractivity contribution in [3.05, 3.63) is 24.3 Å². The smallest absolute Gasteiger partial charge is 0.224 e. The van der Waals surface area contributed by atoms with Crippen LogP contribution in [0.2, 0.25) is 0 Å². The summed E-state index contributed by atoms with van der Waals surface area (Å²) in [6.07, 6.45) is 3.60. The molecule has 0 aliphatic carbocycles. The van der Waals surface area contributed by atoms with Crippen molar-refractivity contribution in [1.82, 2.24) is 0 Å². The Morgan fingerprint density at radius 2 is 2.05 bits per heavy atom. The first-order valence-electron chi connectivity index (χ1n) is 6.64. The topological polar surface area (TPSA) is 96.9 Å². The van der Waals surface area contributed by atoms with Crippen LogP contribution in [0.25, 0.3) is 0 Å². The van der Waals surface area contributed by atoms with E-state index in [9.17, 15) is 4.79 Å². The molecular weight excluding hydrogens is 258 g/mol. The van der Waals surface area contributed by atoms with Crippen LogP contribution in [0.3, 0.4) is 0 Å². The Labute approximate surface area is 118 Å². The second kappa shape index (κ2) is 8.79. The molecule has 110 valence electrons. The highest BCUT2D eigenvalue weighted by Gasteiger charge is 2.02. The maximum atomic E-state index is 11.6. The minimum atomic E-state index is -0.00157. The number of anilines is 1. The monoisotopic (exact) mass is 279 g/mol. The van der Waals surface area contributed by atoms with E-state index < -0.39 is 0 Å². The zero-order valence-electron chi connectivity index (χ0n) is 11.6. The fourth-order valence-electron chi connectivity index (χ4n) is 1.58. The summed E-state index contributed by atoms with van der Waals surface area (Å²) >= 11 is 0. The van der Waals surface area contributed by atoms with Gasteiger partial charge in [-0.2, -0.15) is 0 Å². The first-order chi connectivity index (χ1) is 9.65. The SMILES string of the molecule is CCCCCC(=O)Nc1ccc(OC/C(N)=N/O)cc1. The lowest BCUT2D eigenvalue weighted by molar-refractivity contribution is -0.116. The van der Waals surface area contributed by atoms with Crippen molar-refractivity contribution in [1.29, 1.82) is 0 Å². The summed E-state index contributed by atoms with van der Waals surface area (Å²) in [5.74, 6) is 0.600. The molecule has 1 amide bonds. The molecule has 6 nitrogen and oxygen atoms in total. The summed E-state index contributed by atoms with van der Waals surface area (Å²) < 4.78 is 5.27. The Hall–Kier alpha value is -2.24. The summed E-state index contributed by atoms with van der Waals surface area (Å²) in [7, 11) is 0. The van der Waals surface area contributed by atoms with Gasteiger partial charge >= 0.3 is 0 Å². The molecule has 0 aromatic heterocycles. The molecule has 1 rings (SSSR count). The number of hydrogen-bond acceptors (Lipinski definition) is 4. The van der Waals surface area contributed by atoms with Crippen molar-refractivity contribution in [3.8, 4) is 5.75 Å². The number of nitrogens with one attached hydrogen (secondary N) is 1. The number of amides is 1. The third-order valence-corrected chi connectivity index (χ3v) is 2.66. The van der Waals surface area contributed by atoms with Crippen molar-refractivity contribution in [2.24, 2.45) is 10.9 Å². The van der Waals surface area contributed by atoms with Crippen LogP contribution in [-0.4, -0.2) is 23.6 Å². The number of nitrogens with zero attached hydrogens (tertiary/aromatic N) is 1. The van der Waals surface area contributed by atoms with E-state index in [0.717, 1.165) is 24.9 Å². The second-order valence-corrected chi connectivity index (χ2v) is 4.41. The number of hydrogen-bond donors (Lipinski definition) is 3. The van der Waals surface area contributed by atoms with E-state index in [2.05, 4.69) is 17.4 Å². The van der Waals surface area contributed by atoms with Crippen LogP contribution in [0.4, 0.5) is 5.69 Å². The van der Waals surface area contributed by atoms with Gasteiger partial charge in [-0.05, 0) is 30.7 Å². The maximum absolute atomic E-state index is 11.6. The van der Waals surface area contributed by atoms with Crippen LogP contribution in [0.15, 0.2) is 29.4 Å². The summed E-state index contributed by atoms with van der Waals surface area (Å²) in [4.78, 5) is 11.6. The standard InChI is InChI=1S/C14H21N3O3/c1-2-3-4-5-14(18)16-11-6-8-12(9-7-11)20-10-13(15)17-19/h6-9,19H,2-5,10H2,1H3,(H2,15,17)(H,16,18). The van der Waals surface area contributed by atoms with Gasteiger partial charge in [0.05, 0.1) is 0 Å². The first-order valence-corrected chi connectivity index (χ1v) is 6.64. The minimum Gasteiger partial charge on any atom is -0.486 e. The fraction of sp³-hybridized carbons (Fsp3) is 0.429. The lowest BCUT2D eigenvalue weighted by atomic mass is 10.2. The molecule has 0 spiro atoms. The highest BCUT2D eigenvalue weighted by Crippen LogP contribution is 2.16. The Morgan fingerprint density at radius 3 is 2.65 bits per heavy atom. The summed E-state index contributed by atoms with van der Waals surface area (Å²) in [6.45, 7) is 2.12. The quantitative estimate of drug-likeness (QED) is 0.224. The molecule has 4 N–H and O–H groups in total. The van der Waals surface area contributed by atoms with Crippen LogP contribution in [0.5, 0.6) is 5.75 Å². The number of unbranched alkanes of at least 4 members (excludes halogenated alkanes) is 2. The van der Waals surface area contributed by atoms with E-state index in [4.69, 9.17) is 15.7 Å². The molecule has 0 aliphatic rings. The molecule has 20 heavy (non-hydrogen) atoms. The Morgan fingerprint density at radius 1 is 1.35 bits per heavy atom. The third kappa shape index (κ3) is 6.08. The summed E-state index contributed by atoms with van der Waals surface area (Å²) in [5.41, 5.74) is 6.02. The molecule has 0 fully saturated rings. The van der Waals surface area contributed by atoms with Gasteiger partial charge < -0.3 is 21.0 Å². The Balaban J connectivity index is 2.40. The number of carbonyl (C=O) groups excluding carboxylic acids is 1. The van der Waals surface area contributed by atoms with E-state index in [-0.39, 0.29) is 18.3 Å². The molecule has 1 aromatic carbocycles. The normalized spacial score (nSPS) is 11.2. The van der Waals surface area contributed by atoms with E-state index in [0.29, 0.717) is 12.2 Å². The first kappa shape index (κ1) is 15.8. The van der Waals surface area contributed by atoms with Crippen molar-refractivity contribution in [3.63, 3.8) is 0 Å². The molecule has 1 aromatic rings. The number of rotatable bonds is 8. The van der Waals surface area contributed by atoms with Crippen molar-refractivity contribution >= 4 is 17.4 Å². The van der Waals surface area contributed by atoms with Gasteiger partial charge in [-0.3, -0.25) is 4.79 Å². The third-order valence-electron chi connectivity index (χ3n) is 2.66. The summed E-state index contributed by atoms with van der Waals surface area (Å²) in [5, 5.41) is 14.0. The lowest BCUT2D eigenvalue weighted by Crippen LogP contribution is -2.20. The number of oxime groups is 1. The predicted octanol–water partition coefficient (Wildman–Crippen LogP) is 2.33. The van der Waals surface area contributed by atoms with Crippen molar-refractivity contribution in [2.75, 3.05) is 11.9 Å². The van der Waals surface area contributed by atoms with Gasteiger partial charge in [-0.15, -0.1) is 0 Å². The Kier molecular flexibility index (Phi) is 6.95. The fourth-order valence-corrected chi connectivity index (χ4v) is 1.58. The van der Waals surface area contributed by atoms with E-state index in [1.54, 1.807) is 24.3 Å². The van der Waals surface area contributed by atoms with E-state index in [1.807, 2.05) is 0 Å². The van der Waals surface area contributed by atoms with Gasteiger partial charge in [-0.1, -0.05) is 24.9 Å². The number of benzene rings is 1. The number of carbonyl (C=O) groups is 1. The molecule has 0 unspecified atom stereocenters. The number of nitrogens with two attached hydrogens (primary N) is 1. The molecule has 0 saturated carbocycles.